The minimum absolute atomic E-state index is 1.27. The molecule has 0 radical (unpaired) electrons. The van der Waals surface area contributed by atoms with E-state index in [1.54, 1.807) is 0 Å². The first-order valence-electron chi connectivity index (χ1n) is 4.07. The van der Waals surface area contributed by atoms with Crippen molar-refractivity contribution in [2.75, 3.05) is 0 Å². The Labute approximate surface area is 110 Å². The van der Waals surface area contributed by atoms with Crippen LogP contribution in [0.3, 0.4) is 0 Å². The molecule has 0 fully saturated rings. The molecule has 0 aromatic rings. The predicted molar refractivity (Wildman–Crippen MR) is 77.4 cm³/mol. The Kier molecular flexibility index (Phi) is 3.75. The normalized spacial score (nSPS) is 23.1. The van der Waals surface area contributed by atoms with Crippen molar-refractivity contribution in [3.05, 3.63) is 27.0 Å². The van der Waals surface area contributed by atoms with Crippen LogP contribution in [0.4, 0.5) is 0 Å². The van der Waals surface area contributed by atoms with Crippen molar-refractivity contribution in [1.29, 1.82) is 0 Å². The van der Waals surface area contributed by atoms with E-state index in [-0.39, 0.29) is 0 Å². The van der Waals surface area contributed by atoms with E-state index >= 15 is 0 Å². The van der Waals surface area contributed by atoms with Gasteiger partial charge in [-0.2, -0.15) is 0 Å². The zero-order chi connectivity index (χ0) is 10.3. The van der Waals surface area contributed by atoms with Crippen LogP contribution in [0, 0.1) is 0 Å². The molecule has 2 aliphatic rings. The summed E-state index contributed by atoms with van der Waals surface area (Å²) in [6, 6.07) is 0. The van der Waals surface area contributed by atoms with E-state index in [0.717, 1.165) is 0 Å². The fourth-order valence-corrected chi connectivity index (χ4v) is 7.06. The minimum Gasteiger partial charge on any atom is -0.0849 e. The minimum atomic E-state index is 1.27. The molecule has 76 valence electrons. The molecule has 0 atom stereocenters. The standard InChI is InChI=1S/C9H9BrS4/c1-4-5(2)12-8(11-4)9-13-6(3)7(10)14-9/h1-3H3. The number of rotatable bonds is 0. The molecule has 2 rings (SSSR count). The Bertz CT molecular complexity index is 310. The molecule has 14 heavy (non-hydrogen) atoms. The maximum absolute atomic E-state index is 3.58. The average Bonchev–Trinajstić information content (AvgIpc) is 2.60. The van der Waals surface area contributed by atoms with Gasteiger partial charge in [0.15, 0.2) is 0 Å². The first-order chi connectivity index (χ1) is 6.58. The Morgan fingerprint density at radius 2 is 1.14 bits per heavy atom. The van der Waals surface area contributed by atoms with E-state index in [2.05, 4.69) is 36.7 Å². The smallest absolute Gasteiger partial charge is 0.0708 e. The molecule has 2 aliphatic heterocycles. The number of hydrogen-bond acceptors (Lipinski definition) is 4. The highest BCUT2D eigenvalue weighted by molar-refractivity contribution is 9.14. The largest absolute Gasteiger partial charge is 0.0849 e. The van der Waals surface area contributed by atoms with Crippen LogP contribution in [0.2, 0.25) is 0 Å². The molecule has 0 spiro atoms. The molecule has 2 heterocycles. The summed E-state index contributed by atoms with van der Waals surface area (Å²) in [5, 5.41) is 0. The van der Waals surface area contributed by atoms with E-state index < -0.39 is 0 Å². The predicted octanol–water partition coefficient (Wildman–Crippen LogP) is 5.91. The van der Waals surface area contributed by atoms with Crippen molar-refractivity contribution in [2.24, 2.45) is 0 Å². The molecular weight excluding hydrogens is 316 g/mol. The first-order valence-corrected chi connectivity index (χ1v) is 8.13. The fourth-order valence-electron chi connectivity index (χ4n) is 0.963. The SMILES string of the molecule is CC1=C(C)SC(=C2SC(C)=C(Br)S2)S1. The molecule has 0 aromatic carbocycles. The van der Waals surface area contributed by atoms with Crippen molar-refractivity contribution < 1.29 is 0 Å². The number of allylic oxidation sites excluding steroid dienone is 3. The van der Waals surface area contributed by atoms with Gasteiger partial charge in [-0.25, -0.2) is 0 Å². The molecule has 0 N–H and O–H groups in total. The van der Waals surface area contributed by atoms with E-state index in [9.17, 15) is 0 Å². The number of thioether (sulfide) groups is 4. The second-order valence-corrected chi connectivity index (χ2v) is 9.46. The van der Waals surface area contributed by atoms with Gasteiger partial charge in [-0.15, -0.1) is 0 Å². The highest BCUT2D eigenvalue weighted by atomic mass is 79.9. The van der Waals surface area contributed by atoms with Gasteiger partial charge in [-0.1, -0.05) is 47.0 Å². The number of halogens is 1. The molecule has 0 nitrogen and oxygen atoms in total. The average molecular weight is 325 g/mol. The Balaban J connectivity index is 2.17. The lowest BCUT2D eigenvalue weighted by molar-refractivity contribution is 1.57. The van der Waals surface area contributed by atoms with Gasteiger partial charge in [0.2, 0.25) is 0 Å². The lowest BCUT2D eigenvalue weighted by atomic mass is 10.6. The van der Waals surface area contributed by atoms with Gasteiger partial charge in [-0.05, 0) is 46.5 Å². The molecule has 0 bridgehead atoms. The van der Waals surface area contributed by atoms with Gasteiger partial charge < -0.3 is 0 Å². The summed E-state index contributed by atoms with van der Waals surface area (Å²) < 4.78 is 4.15. The molecule has 0 saturated heterocycles. The van der Waals surface area contributed by atoms with Gasteiger partial charge in [0.05, 0.1) is 12.3 Å². The molecule has 0 aromatic heterocycles. The van der Waals surface area contributed by atoms with Crippen LogP contribution < -0.4 is 0 Å². The maximum atomic E-state index is 3.58. The van der Waals surface area contributed by atoms with E-state index in [4.69, 9.17) is 0 Å². The second kappa shape index (κ2) is 4.53. The van der Waals surface area contributed by atoms with Gasteiger partial charge >= 0.3 is 0 Å². The molecule has 5 heteroatoms. The summed E-state index contributed by atoms with van der Waals surface area (Å²) in [5.74, 6) is 0. The summed E-state index contributed by atoms with van der Waals surface area (Å²) in [7, 11) is 0. The lowest BCUT2D eigenvalue weighted by Crippen LogP contribution is -1.66. The van der Waals surface area contributed by atoms with Crippen molar-refractivity contribution >= 4 is 63.0 Å². The highest BCUT2D eigenvalue weighted by Crippen LogP contribution is 2.60. The fraction of sp³-hybridized carbons (Fsp3) is 0.333. The summed E-state index contributed by atoms with van der Waals surface area (Å²) in [5.41, 5.74) is 0. The maximum Gasteiger partial charge on any atom is 0.0708 e. The topological polar surface area (TPSA) is 0 Å². The molecule has 0 amide bonds. The van der Waals surface area contributed by atoms with Crippen LogP contribution in [0.25, 0.3) is 0 Å². The zero-order valence-electron chi connectivity index (χ0n) is 8.01. The summed E-state index contributed by atoms with van der Waals surface area (Å²) in [4.78, 5) is 4.26. The molecular formula is C9H9BrS4. The van der Waals surface area contributed by atoms with Crippen LogP contribution in [0.5, 0.6) is 0 Å². The number of hydrogen-bond donors (Lipinski definition) is 0. The Morgan fingerprint density at radius 1 is 0.714 bits per heavy atom. The third-order valence-electron chi connectivity index (χ3n) is 1.86. The van der Waals surface area contributed by atoms with Crippen LogP contribution >= 0.6 is 63.0 Å². The van der Waals surface area contributed by atoms with Crippen LogP contribution in [0.15, 0.2) is 27.0 Å². The van der Waals surface area contributed by atoms with E-state index in [1.807, 2.05) is 47.0 Å². The second-order valence-electron chi connectivity index (χ2n) is 2.93. The van der Waals surface area contributed by atoms with E-state index in [0.29, 0.717) is 0 Å². The van der Waals surface area contributed by atoms with Crippen LogP contribution in [0.1, 0.15) is 20.8 Å². The highest BCUT2D eigenvalue weighted by Gasteiger charge is 2.24. The summed E-state index contributed by atoms with van der Waals surface area (Å²) in [6.07, 6.45) is 0. The van der Waals surface area contributed by atoms with Crippen LogP contribution in [-0.4, -0.2) is 0 Å². The lowest BCUT2D eigenvalue weighted by Gasteiger charge is -2.00. The third-order valence-corrected chi connectivity index (χ3v) is 8.76. The zero-order valence-corrected chi connectivity index (χ0v) is 12.9. The molecule has 0 unspecified atom stereocenters. The van der Waals surface area contributed by atoms with Crippen molar-refractivity contribution in [2.45, 2.75) is 20.8 Å². The Morgan fingerprint density at radius 3 is 1.57 bits per heavy atom. The van der Waals surface area contributed by atoms with Gasteiger partial charge in [0.1, 0.15) is 0 Å². The van der Waals surface area contributed by atoms with Crippen LogP contribution in [-0.2, 0) is 0 Å². The molecule has 0 aliphatic carbocycles. The first kappa shape index (κ1) is 11.6. The third kappa shape index (κ3) is 2.26. The van der Waals surface area contributed by atoms with E-state index in [1.165, 1.54) is 27.0 Å². The Hall–Kier alpha value is 1.10. The molecule has 0 saturated carbocycles. The van der Waals surface area contributed by atoms with Gasteiger partial charge in [0.25, 0.3) is 0 Å². The summed E-state index contributed by atoms with van der Waals surface area (Å²) in [6.45, 7) is 6.55. The van der Waals surface area contributed by atoms with Crippen molar-refractivity contribution in [3.8, 4) is 0 Å². The van der Waals surface area contributed by atoms with Crippen molar-refractivity contribution in [1.82, 2.24) is 0 Å². The summed E-state index contributed by atoms with van der Waals surface area (Å²) >= 11 is 11.1. The quantitative estimate of drug-likeness (QED) is 0.543. The van der Waals surface area contributed by atoms with Crippen molar-refractivity contribution in [3.63, 3.8) is 0 Å². The van der Waals surface area contributed by atoms with Gasteiger partial charge in [0, 0.05) is 4.91 Å². The monoisotopic (exact) mass is 324 g/mol. The van der Waals surface area contributed by atoms with Gasteiger partial charge in [-0.3, -0.25) is 0 Å².